The number of nitrogens with zero attached hydrogens (tertiary/aromatic N) is 10. The van der Waals surface area contributed by atoms with Gasteiger partial charge in [-0.15, -0.1) is 0 Å². The van der Waals surface area contributed by atoms with Gasteiger partial charge in [0.2, 0.25) is 0 Å². The number of hydrogen-bond acceptors (Lipinski definition) is 8. The van der Waals surface area contributed by atoms with Gasteiger partial charge in [-0.2, -0.15) is 0 Å². The molecule has 16 nitrogen and oxygen atoms in total. The van der Waals surface area contributed by atoms with E-state index in [-0.39, 0.29) is 33.4 Å². The van der Waals surface area contributed by atoms with Crippen LogP contribution in [0.25, 0.3) is 0 Å². The Morgan fingerprint density at radius 2 is 1.02 bits per heavy atom. The first kappa shape index (κ1) is 34.4. The summed E-state index contributed by atoms with van der Waals surface area (Å²) >= 11 is 11.6. The quantitative estimate of drug-likeness (QED) is 0.114. The van der Waals surface area contributed by atoms with Crippen LogP contribution in [0.3, 0.4) is 0 Å². The number of guanidine groups is 2. The highest BCUT2D eigenvalue weighted by molar-refractivity contribution is 6.29. The van der Waals surface area contributed by atoms with E-state index >= 15 is 0 Å². The highest BCUT2D eigenvalue weighted by Crippen LogP contribution is 2.19. The maximum absolute atomic E-state index is 12.9. The van der Waals surface area contributed by atoms with E-state index in [2.05, 4.69) is 20.2 Å². The van der Waals surface area contributed by atoms with E-state index in [1.54, 1.807) is 9.80 Å². The maximum atomic E-state index is 12.9. The van der Waals surface area contributed by atoms with Gasteiger partial charge in [0, 0.05) is 51.7 Å². The number of pyridine rings is 2. The van der Waals surface area contributed by atoms with Gasteiger partial charge in [0.1, 0.15) is 20.5 Å². The molecule has 0 aliphatic carbocycles. The summed E-state index contributed by atoms with van der Waals surface area (Å²) in [5.74, 6) is -0.771. The number of unbranched alkanes of at least 4 members (excludes halogenated alkanes) is 7. The van der Waals surface area contributed by atoms with Crippen molar-refractivity contribution >= 4 is 46.9 Å². The molecule has 0 saturated carbocycles. The molecule has 246 valence electrons. The molecular weight excluding hydrogens is 643 g/mol. The first-order chi connectivity index (χ1) is 22.1. The van der Waals surface area contributed by atoms with Crippen LogP contribution < -0.4 is 0 Å². The molecule has 2 aromatic heterocycles. The van der Waals surface area contributed by atoms with Crippen LogP contribution in [0.5, 0.6) is 0 Å². The minimum atomic E-state index is -0.789. The Kier molecular flexibility index (Phi) is 12.5. The minimum Gasteiger partial charge on any atom is -0.335 e. The number of amides is 2. The lowest BCUT2D eigenvalue weighted by molar-refractivity contribution is -0.486. The number of rotatable bonds is 15. The number of aromatic nitrogens is 2. The second-order valence-corrected chi connectivity index (χ2v) is 11.5. The number of carbonyl (C=O) groups is 2. The zero-order chi connectivity index (χ0) is 33.1. The second kappa shape index (κ2) is 16.7. The van der Waals surface area contributed by atoms with Gasteiger partial charge >= 0.3 is 0 Å². The second-order valence-electron chi connectivity index (χ2n) is 10.7. The van der Waals surface area contributed by atoms with Crippen molar-refractivity contribution in [1.29, 1.82) is 0 Å². The van der Waals surface area contributed by atoms with Gasteiger partial charge in [-0.3, -0.25) is 19.4 Å². The van der Waals surface area contributed by atoms with E-state index < -0.39 is 21.9 Å². The first-order valence-electron chi connectivity index (χ1n) is 15.0. The van der Waals surface area contributed by atoms with E-state index in [1.165, 1.54) is 46.5 Å². The van der Waals surface area contributed by atoms with E-state index in [0.717, 1.165) is 51.4 Å². The molecule has 0 radical (unpaired) electrons. The molecule has 0 unspecified atom stereocenters. The van der Waals surface area contributed by atoms with Crippen LogP contribution >= 0.6 is 23.2 Å². The third kappa shape index (κ3) is 9.53. The zero-order valence-corrected chi connectivity index (χ0v) is 26.6. The van der Waals surface area contributed by atoms with Crippen LogP contribution in [-0.2, 0) is 0 Å². The van der Waals surface area contributed by atoms with Crippen molar-refractivity contribution in [2.24, 2.45) is 10.2 Å². The lowest BCUT2D eigenvalue weighted by Gasteiger charge is -2.19. The van der Waals surface area contributed by atoms with Crippen LogP contribution in [0.1, 0.15) is 72.1 Å². The van der Waals surface area contributed by atoms with Gasteiger partial charge < -0.3 is 9.80 Å². The van der Waals surface area contributed by atoms with Gasteiger partial charge in [0.25, 0.3) is 23.7 Å². The van der Waals surface area contributed by atoms with Crippen LogP contribution in [0.15, 0.2) is 46.9 Å². The Balaban J connectivity index is 1.13. The van der Waals surface area contributed by atoms with Gasteiger partial charge in [0.15, 0.2) is 10.1 Å². The maximum Gasteiger partial charge on any atom is 0.281 e. The largest absolute Gasteiger partial charge is 0.335 e. The molecule has 2 aliphatic heterocycles. The van der Waals surface area contributed by atoms with E-state index in [1.807, 2.05) is 0 Å². The molecule has 0 bridgehead atoms. The third-order valence-corrected chi connectivity index (χ3v) is 8.07. The van der Waals surface area contributed by atoms with Gasteiger partial charge in [-0.05, 0) is 37.1 Å². The highest BCUT2D eigenvalue weighted by Gasteiger charge is 2.35. The predicted octanol–water partition coefficient (Wildman–Crippen LogP) is 4.22. The molecule has 2 saturated heterocycles. The molecule has 2 aliphatic rings. The Morgan fingerprint density at radius 1 is 0.652 bits per heavy atom. The van der Waals surface area contributed by atoms with Gasteiger partial charge in [-0.1, -0.05) is 61.7 Å². The fourth-order valence-electron chi connectivity index (χ4n) is 5.35. The van der Waals surface area contributed by atoms with E-state index in [9.17, 15) is 29.8 Å². The Hall–Kier alpha value is -4.44. The molecule has 0 aromatic carbocycles. The number of hydrogen-bond donors (Lipinski definition) is 0. The summed E-state index contributed by atoms with van der Waals surface area (Å²) in [6.07, 6.45) is 10.2. The van der Waals surface area contributed by atoms with E-state index in [4.69, 9.17) is 23.2 Å². The SMILES string of the molecule is O=C(c1ccc(Cl)nc1)N1CCN(CCCCCCCCCCN2CCN(C(=O)c3ccc(Cl)nc3)C2=N[N+](=O)[O-])C1=N[N+](=O)[O-]. The number of hydrazone groups is 2. The molecule has 18 heteroatoms. The molecule has 46 heavy (non-hydrogen) atoms. The third-order valence-electron chi connectivity index (χ3n) is 7.62. The summed E-state index contributed by atoms with van der Waals surface area (Å²) in [6.45, 7) is 2.59. The lowest BCUT2D eigenvalue weighted by Crippen LogP contribution is -2.38. The standard InChI is InChI=1S/C28H34Cl2N10O6/c29-23-11-9-21(19-31-23)25(41)37-17-15-35(27(37)33-39(43)44)13-7-5-3-1-2-4-6-8-14-36-16-18-38(28(36)34-40(45)46)26(42)22-10-12-24(30)32-20-22/h9-12,19-20H,1-8,13-18H2. The fourth-order valence-corrected chi connectivity index (χ4v) is 5.58. The summed E-state index contributed by atoms with van der Waals surface area (Å²) in [5.41, 5.74) is 0.550. The molecule has 4 heterocycles. The van der Waals surface area contributed by atoms with Gasteiger partial charge in [0.05, 0.1) is 11.1 Å². The summed E-state index contributed by atoms with van der Waals surface area (Å²) in [6, 6.07) is 6.03. The van der Waals surface area contributed by atoms with Crippen molar-refractivity contribution < 1.29 is 19.7 Å². The van der Waals surface area contributed by atoms with Crippen molar-refractivity contribution in [2.75, 3.05) is 39.3 Å². The number of halogens is 2. The van der Waals surface area contributed by atoms with Gasteiger partial charge in [-0.25, -0.2) is 30.2 Å². The van der Waals surface area contributed by atoms with E-state index in [0.29, 0.717) is 39.3 Å². The average molecular weight is 678 g/mol. The summed E-state index contributed by atoms with van der Waals surface area (Å²) < 4.78 is 0. The summed E-state index contributed by atoms with van der Waals surface area (Å²) in [4.78, 5) is 62.1. The van der Waals surface area contributed by atoms with Crippen molar-refractivity contribution in [3.63, 3.8) is 0 Å². The fraction of sp³-hybridized carbons (Fsp3) is 0.500. The number of carbonyl (C=O) groups excluding carboxylic acids is 2. The van der Waals surface area contributed by atoms with Crippen LogP contribution in [0.4, 0.5) is 0 Å². The minimum absolute atomic E-state index is 0.0313. The van der Waals surface area contributed by atoms with Crippen molar-refractivity contribution in [1.82, 2.24) is 29.6 Å². The zero-order valence-electron chi connectivity index (χ0n) is 25.0. The highest BCUT2D eigenvalue weighted by atomic mass is 35.5. The molecule has 4 rings (SSSR count). The molecule has 0 atom stereocenters. The van der Waals surface area contributed by atoms with Crippen molar-refractivity contribution in [2.45, 2.75) is 51.4 Å². The first-order valence-corrected chi connectivity index (χ1v) is 15.7. The Morgan fingerprint density at radius 3 is 1.35 bits per heavy atom. The Labute approximate surface area is 274 Å². The van der Waals surface area contributed by atoms with Crippen LogP contribution in [0.2, 0.25) is 10.3 Å². The summed E-state index contributed by atoms with van der Waals surface area (Å²) in [7, 11) is 0. The van der Waals surface area contributed by atoms with Crippen LogP contribution in [-0.4, -0.2) is 103 Å². The lowest BCUT2D eigenvalue weighted by atomic mass is 10.1. The smallest absolute Gasteiger partial charge is 0.281 e. The average Bonchev–Trinajstić information content (AvgIpc) is 3.60. The number of nitro groups is 2. The van der Waals surface area contributed by atoms with Crippen LogP contribution in [0, 0.1) is 20.2 Å². The monoisotopic (exact) mass is 676 g/mol. The van der Waals surface area contributed by atoms with Crippen molar-refractivity contribution in [3.05, 3.63) is 78.3 Å². The summed E-state index contributed by atoms with van der Waals surface area (Å²) in [5, 5.41) is 28.2. The Bertz CT molecular complexity index is 1350. The molecule has 0 spiro atoms. The molecular formula is C28H34Cl2N10O6. The normalized spacial score (nSPS) is 16.6. The molecule has 0 N–H and O–H groups in total. The topological polar surface area (TPSA) is 184 Å². The van der Waals surface area contributed by atoms with Crippen molar-refractivity contribution in [3.8, 4) is 0 Å². The molecule has 2 aromatic rings. The molecule has 2 fully saturated rings. The molecule has 2 amide bonds. The predicted molar refractivity (Wildman–Crippen MR) is 170 cm³/mol.